The number of piperidine rings is 1. The molecule has 3 atom stereocenters. The van der Waals surface area contributed by atoms with Crippen molar-refractivity contribution in [3.05, 3.63) is 0 Å². The van der Waals surface area contributed by atoms with E-state index in [1.54, 1.807) is 0 Å². The van der Waals surface area contributed by atoms with E-state index in [1.165, 1.54) is 32.1 Å². The molecule has 1 aliphatic carbocycles. The van der Waals surface area contributed by atoms with Crippen LogP contribution in [-0.2, 0) is 0 Å². The summed E-state index contributed by atoms with van der Waals surface area (Å²) in [6.45, 7) is 2.26. The smallest absolute Gasteiger partial charge is 0.0112 e. The van der Waals surface area contributed by atoms with Crippen LogP contribution in [0.4, 0.5) is 0 Å². The first kappa shape index (κ1) is 9.47. The highest BCUT2D eigenvalue weighted by molar-refractivity contribution is 4.90. The molecule has 0 aromatic rings. The van der Waals surface area contributed by atoms with E-state index in [1.807, 2.05) is 0 Å². The second kappa shape index (κ2) is 3.97. The molecule has 2 fully saturated rings. The molecule has 1 saturated heterocycles. The van der Waals surface area contributed by atoms with Crippen molar-refractivity contribution in [1.29, 1.82) is 0 Å². The number of hydrogen-bond acceptors (Lipinski definition) is 2. The molecule has 2 nitrogen and oxygen atoms in total. The van der Waals surface area contributed by atoms with Crippen molar-refractivity contribution in [3.8, 4) is 0 Å². The Morgan fingerprint density at radius 3 is 2.46 bits per heavy atom. The molecule has 1 aliphatic heterocycles. The van der Waals surface area contributed by atoms with Gasteiger partial charge in [-0.05, 0) is 38.5 Å². The monoisotopic (exact) mass is 182 g/mol. The molecule has 2 rings (SSSR count). The molecule has 13 heavy (non-hydrogen) atoms. The summed E-state index contributed by atoms with van der Waals surface area (Å²) in [5, 5.41) is 3.71. The second-order valence-corrected chi connectivity index (χ2v) is 4.95. The van der Waals surface area contributed by atoms with Gasteiger partial charge in [0, 0.05) is 18.1 Å². The van der Waals surface area contributed by atoms with Crippen LogP contribution in [-0.4, -0.2) is 18.1 Å². The van der Waals surface area contributed by atoms with E-state index in [0.717, 1.165) is 18.4 Å². The van der Waals surface area contributed by atoms with Crippen LogP contribution >= 0.6 is 0 Å². The van der Waals surface area contributed by atoms with Gasteiger partial charge >= 0.3 is 0 Å². The highest BCUT2D eigenvalue weighted by Crippen LogP contribution is 2.31. The minimum absolute atomic E-state index is 0.446. The predicted molar refractivity (Wildman–Crippen MR) is 55.6 cm³/mol. The normalized spacial score (nSPS) is 42.5. The van der Waals surface area contributed by atoms with E-state index < -0.39 is 0 Å². The molecule has 0 amide bonds. The van der Waals surface area contributed by atoms with Crippen LogP contribution in [0.15, 0.2) is 0 Å². The van der Waals surface area contributed by atoms with Crippen LogP contribution in [0, 0.1) is 5.92 Å². The third kappa shape index (κ3) is 2.23. The highest BCUT2D eigenvalue weighted by Gasteiger charge is 2.30. The first-order chi connectivity index (χ1) is 6.25. The third-order valence-electron chi connectivity index (χ3n) is 3.68. The molecule has 2 heteroatoms. The summed E-state index contributed by atoms with van der Waals surface area (Å²) in [5.74, 6) is 0.925. The van der Waals surface area contributed by atoms with E-state index in [0.29, 0.717) is 12.1 Å². The molecule has 0 aromatic carbocycles. The lowest BCUT2D eigenvalue weighted by molar-refractivity contribution is 0.237. The van der Waals surface area contributed by atoms with Crippen molar-refractivity contribution in [2.75, 3.05) is 0 Å². The second-order valence-electron chi connectivity index (χ2n) is 4.95. The minimum Gasteiger partial charge on any atom is -0.328 e. The average molecular weight is 182 g/mol. The van der Waals surface area contributed by atoms with Crippen LogP contribution in [0.2, 0.25) is 0 Å². The van der Waals surface area contributed by atoms with Gasteiger partial charge < -0.3 is 11.1 Å². The van der Waals surface area contributed by atoms with Gasteiger partial charge in [-0.25, -0.2) is 0 Å². The van der Waals surface area contributed by atoms with Crippen LogP contribution < -0.4 is 11.1 Å². The molecule has 2 aliphatic rings. The fourth-order valence-corrected chi connectivity index (χ4v) is 3.07. The molecule has 76 valence electrons. The summed E-state index contributed by atoms with van der Waals surface area (Å²) in [6.07, 6.45) is 8.09. The average Bonchev–Trinajstić information content (AvgIpc) is 2.53. The van der Waals surface area contributed by atoms with E-state index in [4.69, 9.17) is 5.73 Å². The lowest BCUT2D eigenvalue weighted by Gasteiger charge is -2.36. The van der Waals surface area contributed by atoms with Crippen LogP contribution in [0.25, 0.3) is 0 Å². The Morgan fingerprint density at radius 2 is 1.85 bits per heavy atom. The molecule has 0 radical (unpaired) electrons. The zero-order valence-electron chi connectivity index (χ0n) is 8.63. The number of nitrogens with two attached hydrogens (primary N) is 1. The molecular formula is C11H22N2. The molecular weight excluding hydrogens is 160 g/mol. The van der Waals surface area contributed by atoms with Gasteiger partial charge in [0.15, 0.2) is 0 Å². The predicted octanol–water partition coefficient (Wildman–Crippen LogP) is 1.64. The Bertz CT molecular complexity index is 153. The third-order valence-corrected chi connectivity index (χ3v) is 3.68. The Balaban J connectivity index is 1.90. The zero-order valence-corrected chi connectivity index (χ0v) is 8.63. The Morgan fingerprint density at radius 1 is 1.15 bits per heavy atom. The highest BCUT2D eigenvalue weighted by atomic mass is 15.0. The van der Waals surface area contributed by atoms with Crippen molar-refractivity contribution >= 4 is 0 Å². The van der Waals surface area contributed by atoms with Gasteiger partial charge in [-0.3, -0.25) is 0 Å². The largest absolute Gasteiger partial charge is 0.328 e. The van der Waals surface area contributed by atoms with Gasteiger partial charge in [0.25, 0.3) is 0 Å². The Labute approximate surface area is 81.3 Å². The van der Waals surface area contributed by atoms with Gasteiger partial charge in [0.05, 0.1) is 0 Å². The summed E-state index contributed by atoms with van der Waals surface area (Å²) in [4.78, 5) is 0. The number of hydrogen-bond donors (Lipinski definition) is 2. The minimum atomic E-state index is 0.446. The van der Waals surface area contributed by atoms with E-state index in [-0.39, 0.29) is 0 Å². The summed E-state index contributed by atoms with van der Waals surface area (Å²) in [5.41, 5.74) is 6.04. The van der Waals surface area contributed by atoms with Gasteiger partial charge in [0.1, 0.15) is 0 Å². The SMILES string of the molecule is C[C@H]1C[C@H](N)C[C@@H](C2CCCC2)N1. The summed E-state index contributed by atoms with van der Waals surface area (Å²) >= 11 is 0. The van der Waals surface area contributed by atoms with Crippen molar-refractivity contribution in [2.24, 2.45) is 11.7 Å². The van der Waals surface area contributed by atoms with Gasteiger partial charge in [0.2, 0.25) is 0 Å². The van der Waals surface area contributed by atoms with E-state index in [9.17, 15) is 0 Å². The quantitative estimate of drug-likeness (QED) is 0.647. The van der Waals surface area contributed by atoms with Crippen molar-refractivity contribution < 1.29 is 0 Å². The lowest BCUT2D eigenvalue weighted by Crippen LogP contribution is -2.51. The molecule has 1 heterocycles. The molecule has 0 bridgehead atoms. The molecule has 1 saturated carbocycles. The van der Waals surface area contributed by atoms with Crippen molar-refractivity contribution in [3.63, 3.8) is 0 Å². The first-order valence-corrected chi connectivity index (χ1v) is 5.77. The van der Waals surface area contributed by atoms with Crippen molar-refractivity contribution in [1.82, 2.24) is 5.32 Å². The fraction of sp³-hybridized carbons (Fsp3) is 1.00. The lowest BCUT2D eigenvalue weighted by atomic mass is 9.86. The summed E-state index contributed by atoms with van der Waals surface area (Å²) in [6, 6.07) is 1.80. The Kier molecular flexibility index (Phi) is 2.89. The molecule has 0 spiro atoms. The maximum absolute atomic E-state index is 6.04. The summed E-state index contributed by atoms with van der Waals surface area (Å²) in [7, 11) is 0. The standard InChI is InChI=1S/C11H22N2/c1-8-6-10(12)7-11(13-8)9-4-2-3-5-9/h8-11,13H,2-7,12H2,1H3/t8-,10-,11-/m0/s1. The maximum atomic E-state index is 6.04. The number of nitrogens with one attached hydrogen (secondary N) is 1. The van der Waals surface area contributed by atoms with Crippen LogP contribution in [0.5, 0.6) is 0 Å². The molecule has 0 unspecified atom stereocenters. The topological polar surface area (TPSA) is 38.0 Å². The van der Waals surface area contributed by atoms with Crippen LogP contribution in [0.3, 0.4) is 0 Å². The fourth-order valence-electron chi connectivity index (χ4n) is 3.07. The Hall–Kier alpha value is -0.0800. The van der Waals surface area contributed by atoms with Crippen LogP contribution in [0.1, 0.15) is 45.4 Å². The van der Waals surface area contributed by atoms with E-state index >= 15 is 0 Å². The summed E-state index contributed by atoms with van der Waals surface area (Å²) < 4.78 is 0. The van der Waals surface area contributed by atoms with Gasteiger partial charge in [-0.1, -0.05) is 12.8 Å². The molecule has 0 aromatic heterocycles. The molecule has 3 N–H and O–H groups in total. The van der Waals surface area contributed by atoms with E-state index in [2.05, 4.69) is 12.2 Å². The maximum Gasteiger partial charge on any atom is 0.0112 e. The van der Waals surface area contributed by atoms with Gasteiger partial charge in [-0.15, -0.1) is 0 Å². The van der Waals surface area contributed by atoms with Gasteiger partial charge in [-0.2, -0.15) is 0 Å². The van der Waals surface area contributed by atoms with Crippen molar-refractivity contribution in [2.45, 2.75) is 63.6 Å². The number of rotatable bonds is 1. The first-order valence-electron chi connectivity index (χ1n) is 5.77. The zero-order chi connectivity index (χ0) is 9.26.